The Labute approximate surface area is 51.7 Å². The van der Waals surface area contributed by atoms with Crippen LogP contribution in [0.3, 0.4) is 0 Å². The van der Waals surface area contributed by atoms with Gasteiger partial charge in [-0.3, -0.25) is 0 Å². The first-order chi connectivity index (χ1) is 3.63. The van der Waals surface area contributed by atoms with Crippen molar-refractivity contribution in [3.63, 3.8) is 0 Å². The molecule has 0 N–H and O–H groups in total. The summed E-state index contributed by atoms with van der Waals surface area (Å²) in [5, 5.41) is 0. The van der Waals surface area contributed by atoms with Gasteiger partial charge < -0.3 is 4.90 Å². The molecular formula is C7H13N. The first-order valence-corrected chi connectivity index (χ1v) is 2.81. The lowest BCUT2D eigenvalue weighted by molar-refractivity contribution is 0.594. The molecule has 0 saturated carbocycles. The lowest BCUT2D eigenvalue weighted by Gasteiger charge is -1.97. The van der Waals surface area contributed by atoms with Gasteiger partial charge in [0.2, 0.25) is 0 Å². The minimum Gasteiger partial charge on any atom is -0.339 e. The van der Waals surface area contributed by atoms with Crippen LogP contribution < -0.4 is 0 Å². The Morgan fingerprint density at radius 1 is 1.25 bits per heavy atom. The molecule has 0 radical (unpaired) electrons. The molecule has 8 heavy (non-hydrogen) atoms. The topological polar surface area (TPSA) is 3.24 Å². The first-order valence-electron chi connectivity index (χ1n) is 2.81. The van der Waals surface area contributed by atoms with Gasteiger partial charge in [-0.25, -0.2) is 0 Å². The van der Waals surface area contributed by atoms with E-state index in [0.717, 1.165) is 0 Å². The fraction of sp³-hybridized carbons (Fsp3) is 0.714. The van der Waals surface area contributed by atoms with Gasteiger partial charge in [0.1, 0.15) is 0 Å². The average Bonchev–Trinajstić information content (AvgIpc) is 1.61. The zero-order chi connectivity index (χ0) is 6.57. The van der Waals surface area contributed by atoms with E-state index in [2.05, 4.69) is 25.8 Å². The summed E-state index contributed by atoms with van der Waals surface area (Å²) in [6.45, 7) is 4.16. The van der Waals surface area contributed by atoms with E-state index in [0.29, 0.717) is 5.92 Å². The van der Waals surface area contributed by atoms with Gasteiger partial charge in [-0.05, 0) is 0 Å². The molecule has 1 nitrogen and oxygen atoms in total. The summed E-state index contributed by atoms with van der Waals surface area (Å²) in [4.78, 5) is 1.86. The van der Waals surface area contributed by atoms with Crippen LogP contribution in [0.4, 0.5) is 0 Å². The van der Waals surface area contributed by atoms with Crippen LogP contribution in [0.2, 0.25) is 0 Å². The van der Waals surface area contributed by atoms with Crippen molar-refractivity contribution in [2.24, 2.45) is 5.92 Å². The summed E-state index contributed by atoms with van der Waals surface area (Å²) in [6, 6.07) is 2.93. The van der Waals surface area contributed by atoms with E-state index in [1.807, 2.05) is 19.0 Å². The molecule has 0 unspecified atom stereocenters. The molecule has 46 valence electrons. The largest absolute Gasteiger partial charge is 0.339 e. The molecule has 0 aliphatic heterocycles. The summed E-state index contributed by atoms with van der Waals surface area (Å²) in [5.41, 5.74) is 0. The van der Waals surface area contributed by atoms with E-state index in [4.69, 9.17) is 0 Å². The van der Waals surface area contributed by atoms with Crippen molar-refractivity contribution >= 4 is 0 Å². The second-order valence-electron chi connectivity index (χ2n) is 2.31. The van der Waals surface area contributed by atoms with Crippen molar-refractivity contribution in [2.75, 3.05) is 14.1 Å². The molecule has 0 spiro atoms. The number of hydrogen-bond donors (Lipinski definition) is 0. The minimum atomic E-state index is 0.484. The van der Waals surface area contributed by atoms with Gasteiger partial charge in [0.05, 0.1) is 0 Å². The van der Waals surface area contributed by atoms with Crippen LogP contribution in [0.25, 0.3) is 0 Å². The normalized spacial score (nSPS) is 8.12. The van der Waals surface area contributed by atoms with Gasteiger partial charge in [-0.1, -0.05) is 19.8 Å². The SMILES string of the molecule is CC(C)C#CN(C)C. The fourth-order valence-corrected chi connectivity index (χ4v) is 0.258. The van der Waals surface area contributed by atoms with Crippen molar-refractivity contribution < 1.29 is 0 Å². The molecule has 0 aliphatic rings. The molecular weight excluding hydrogens is 98.1 g/mol. The third kappa shape index (κ3) is 5.36. The fourth-order valence-electron chi connectivity index (χ4n) is 0.258. The second-order valence-corrected chi connectivity index (χ2v) is 2.31. The maximum atomic E-state index is 3.02. The van der Waals surface area contributed by atoms with Gasteiger partial charge in [0, 0.05) is 26.1 Å². The Morgan fingerprint density at radius 3 is 1.88 bits per heavy atom. The summed E-state index contributed by atoms with van der Waals surface area (Å²) >= 11 is 0. The molecule has 1 heteroatoms. The Kier molecular flexibility index (Phi) is 3.10. The lowest BCUT2D eigenvalue weighted by atomic mass is 10.2. The minimum absolute atomic E-state index is 0.484. The van der Waals surface area contributed by atoms with Gasteiger partial charge in [0.15, 0.2) is 0 Å². The summed E-state index contributed by atoms with van der Waals surface area (Å²) in [7, 11) is 3.88. The van der Waals surface area contributed by atoms with E-state index in [-0.39, 0.29) is 0 Å². The lowest BCUT2D eigenvalue weighted by Crippen LogP contribution is -2.01. The molecule has 0 aromatic heterocycles. The quantitative estimate of drug-likeness (QED) is 0.335. The molecule has 0 fully saturated rings. The standard InChI is InChI=1S/C7H13N/c1-7(2)5-6-8(3)4/h7H,1-4H3. The maximum Gasteiger partial charge on any atom is 0.0164 e. The number of rotatable bonds is 0. The Bertz CT molecular complexity index is 91.3. The van der Waals surface area contributed by atoms with Gasteiger partial charge in [-0.2, -0.15) is 0 Å². The van der Waals surface area contributed by atoms with Gasteiger partial charge in [0.25, 0.3) is 0 Å². The highest BCUT2D eigenvalue weighted by Gasteiger charge is 1.80. The second kappa shape index (κ2) is 3.37. The Morgan fingerprint density at radius 2 is 1.75 bits per heavy atom. The van der Waals surface area contributed by atoms with Crippen molar-refractivity contribution in [3.05, 3.63) is 0 Å². The van der Waals surface area contributed by atoms with Crippen molar-refractivity contribution in [1.29, 1.82) is 0 Å². The highest BCUT2D eigenvalue weighted by molar-refractivity contribution is 4.98. The molecule has 0 saturated heterocycles. The van der Waals surface area contributed by atoms with Crippen LogP contribution in [-0.2, 0) is 0 Å². The van der Waals surface area contributed by atoms with Crippen molar-refractivity contribution in [3.8, 4) is 12.0 Å². The number of hydrogen-bond acceptors (Lipinski definition) is 1. The molecule has 0 atom stereocenters. The first kappa shape index (κ1) is 7.36. The molecule has 0 aromatic rings. The smallest absolute Gasteiger partial charge is 0.0164 e. The van der Waals surface area contributed by atoms with Gasteiger partial charge in [-0.15, -0.1) is 0 Å². The highest BCUT2D eigenvalue weighted by Crippen LogP contribution is 1.85. The van der Waals surface area contributed by atoms with Crippen LogP contribution >= 0.6 is 0 Å². The monoisotopic (exact) mass is 111 g/mol. The molecule has 0 amide bonds. The van der Waals surface area contributed by atoms with E-state index in [1.165, 1.54) is 0 Å². The van der Waals surface area contributed by atoms with Crippen LogP contribution in [0.1, 0.15) is 13.8 Å². The van der Waals surface area contributed by atoms with Gasteiger partial charge >= 0.3 is 0 Å². The molecule has 0 bridgehead atoms. The summed E-state index contributed by atoms with van der Waals surface area (Å²) < 4.78 is 0. The van der Waals surface area contributed by atoms with Crippen LogP contribution in [-0.4, -0.2) is 19.0 Å². The molecule has 0 aliphatic carbocycles. The zero-order valence-electron chi connectivity index (χ0n) is 6.02. The zero-order valence-corrected chi connectivity index (χ0v) is 6.02. The molecule has 0 aromatic carbocycles. The van der Waals surface area contributed by atoms with Crippen LogP contribution in [0, 0.1) is 17.9 Å². The maximum absolute atomic E-state index is 3.02. The summed E-state index contributed by atoms with van der Waals surface area (Å²) in [6.07, 6.45) is 0. The third-order valence-corrected chi connectivity index (χ3v) is 0.577. The van der Waals surface area contributed by atoms with Crippen molar-refractivity contribution in [1.82, 2.24) is 4.90 Å². The van der Waals surface area contributed by atoms with E-state index in [1.54, 1.807) is 0 Å². The van der Waals surface area contributed by atoms with Crippen LogP contribution in [0.15, 0.2) is 0 Å². The molecule has 0 rings (SSSR count). The highest BCUT2D eigenvalue weighted by atomic mass is 15.0. The third-order valence-electron chi connectivity index (χ3n) is 0.577. The van der Waals surface area contributed by atoms with E-state index >= 15 is 0 Å². The number of nitrogens with zero attached hydrogens (tertiary/aromatic N) is 1. The Hall–Kier alpha value is -0.640. The van der Waals surface area contributed by atoms with Crippen molar-refractivity contribution in [2.45, 2.75) is 13.8 Å². The van der Waals surface area contributed by atoms with E-state index < -0.39 is 0 Å². The Balaban J connectivity index is 3.50. The average molecular weight is 111 g/mol. The summed E-state index contributed by atoms with van der Waals surface area (Å²) in [5.74, 6) is 3.50. The predicted molar refractivity (Wildman–Crippen MR) is 36.3 cm³/mol. The predicted octanol–water partition coefficient (Wildman–Crippen LogP) is 1.16. The molecule has 0 heterocycles. The van der Waals surface area contributed by atoms with E-state index in [9.17, 15) is 0 Å². The van der Waals surface area contributed by atoms with Crippen LogP contribution in [0.5, 0.6) is 0 Å².